The van der Waals surface area contributed by atoms with E-state index in [1.165, 1.54) is 18.2 Å². The van der Waals surface area contributed by atoms with Gasteiger partial charge in [-0.05, 0) is 41.5 Å². The van der Waals surface area contributed by atoms with Gasteiger partial charge < -0.3 is 9.29 Å². The summed E-state index contributed by atoms with van der Waals surface area (Å²) in [5, 5.41) is 1.73. The van der Waals surface area contributed by atoms with E-state index in [4.69, 9.17) is 4.74 Å². The van der Waals surface area contributed by atoms with Gasteiger partial charge in [-0.25, -0.2) is 13.2 Å². The lowest BCUT2D eigenvalue weighted by Gasteiger charge is -2.16. The van der Waals surface area contributed by atoms with Crippen molar-refractivity contribution in [2.24, 2.45) is 0 Å². The minimum absolute atomic E-state index is 0.275. The molecule has 6 heteroatoms. The topological polar surface area (TPSA) is 83.5 Å². The molecule has 0 aliphatic heterocycles. The van der Waals surface area contributed by atoms with E-state index in [1.807, 2.05) is 30.3 Å². The Morgan fingerprint density at radius 1 is 1.00 bits per heavy atom. The lowest BCUT2D eigenvalue weighted by atomic mass is 9.93. The Kier molecular flexibility index (Phi) is 5.30. The monoisotopic (exact) mass is 383 g/mol. The number of esters is 1. The minimum atomic E-state index is -4.79. The molecule has 0 saturated carbocycles. The summed E-state index contributed by atoms with van der Waals surface area (Å²) in [6.07, 6.45) is 0.970. The molecule has 3 rings (SSSR count). The summed E-state index contributed by atoms with van der Waals surface area (Å²) in [6.45, 7) is 4.23. The molecule has 0 aromatic heterocycles. The van der Waals surface area contributed by atoms with Gasteiger partial charge in [0.05, 0.1) is 10.5 Å². The molecule has 140 valence electrons. The number of carbonyl (C=O) groups is 1. The van der Waals surface area contributed by atoms with Crippen molar-refractivity contribution in [3.63, 3.8) is 0 Å². The van der Waals surface area contributed by atoms with Crippen LogP contribution in [0.1, 0.15) is 42.1 Å². The van der Waals surface area contributed by atoms with E-state index in [0.29, 0.717) is 11.7 Å². The highest BCUT2D eigenvalue weighted by Gasteiger charge is 2.19. The second kappa shape index (κ2) is 7.50. The van der Waals surface area contributed by atoms with E-state index in [0.717, 1.165) is 28.8 Å². The molecule has 0 amide bonds. The zero-order chi connectivity index (χ0) is 19.6. The van der Waals surface area contributed by atoms with E-state index < -0.39 is 21.0 Å². The molecule has 3 aromatic carbocycles. The average molecular weight is 383 g/mol. The van der Waals surface area contributed by atoms with Crippen LogP contribution in [0.15, 0.2) is 65.6 Å². The van der Waals surface area contributed by atoms with Gasteiger partial charge in [0, 0.05) is 5.39 Å². The summed E-state index contributed by atoms with van der Waals surface area (Å²) in [7, 11) is -4.79. The van der Waals surface area contributed by atoms with Gasteiger partial charge in [0.2, 0.25) is 0 Å². The van der Waals surface area contributed by atoms with Gasteiger partial charge in [0.15, 0.2) is 0 Å². The van der Waals surface area contributed by atoms with Crippen LogP contribution >= 0.6 is 0 Å². The lowest BCUT2D eigenvalue weighted by Crippen LogP contribution is -2.14. The fourth-order valence-corrected chi connectivity index (χ4v) is 3.71. The first-order chi connectivity index (χ1) is 12.8. The smallest absolute Gasteiger partial charge is 0.344 e. The highest BCUT2D eigenvalue weighted by Crippen LogP contribution is 2.34. The molecular formula is C21H19O5S-. The number of carbonyl (C=O) groups excluding carboxylic acids is 1. The number of ether oxygens (including phenoxy) is 1. The van der Waals surface area contributed by atoms with Gasteiger partial charge in [-0.15, -0.1) is 0 Å². The molecular weight excluding hydrogens is 364 g/mol. The predicted octanol–water partition coefficient (Wildman–Crippen LogP) is 4.48. The van der Waals surface area contributed by atoms with Crippen LogP contribution in [-0.2, 0) is 10.1 Å². The van der Waals surface area contributed by atoms with Gasteiger partial charge in [0.25, 0.3) is 0 Å². The van der Waals surface area contributed by atoms with Crippen LogP contribution < -0.4 is 4.74 Å². The van der Waals surface area contributed by atoms with Gasteiger partial charge in [-0.1, -0.05) is 56.3 Å². The van der Waals surface area contributed by atoms with Crippen molar-refractivity contribution >= 4 is 26.9 Å². The molecule has 3 aromatic rings. The van der Waals surface area contributed by atoms with Crippen molar-refractivity contribution in [1.82, 2.24) is 0 Å². The third-order valence-electron chi connectivity index (χ3n) is 4.64. The van der Waals surface area contributed by atoms with Crippen molar-refractivity contribution in [3.8, 4) is 5.75 Å². The summed E-state index contributed by atoms with van der Waals surface area (Å²) in [6, 6.07) is 16.4. The maximum absolute atomic E-state index is 12.6. The Morgan fingerprint density at radius 3 is 2.30 bits per heavy atom. The predicted molar refractivity (Wildman–Crippen MR) is 102 cm³/mol. The van der Waals surface area contributed by atoms with Gasteiger partial charge in [0.1, 0.15) is 15.9 Å². The van der Waals surface area contributed by atoms with Crippen LogP contribution in [0.5, 0.6) is 5.75 Å². The maximum atomic E-state index is 12.6. The fourth-order valence-electron chi connectivity index (χ4n) is 3.04. The Balaban J connectivity index is 2.05. The summed E-state index contributed by atoms with van der Waals surface area (Å²) in [4.78, 5) is 12.0. The Labute approximate surface area is 158 Å². The summed E-state index contributed by atoms with van der Waals surface area (Å²) >= 11 is 0. The summed E-state index contributed by atoms with van der Waals surface area (Å²) < 4.78 is 39.7. The highest BCUT2D eigenvalue weighted by atomic mass is 32.2. The molecule has 0 bridgehead atoms. The number of fused-ring (bicyclic) bond motifs is 1. The molecule has 0 heterocycles. The van der Waals surface area contributed by atoms with E-state index in [2.05, 4.69) is 13.8 Å². The normalized spacial score (nSPS) is 12.7. The zero-order valence-electron chi connectivity index (χ0n) is 15.0. The van der Waals surface area contributed by atoms with Crippen LogP contribution in [0.25, 0.3) is 10.8 Å². The number of hydrogen-bond acceptors (Lipinski definition) is 5. The Bertz CT molecular complexity index is 1100. The van der Waals surface area contributed by atoms with E-state index in [9.17, 15) is 17.8 Å². The van der Waals surface area contributed by atoms with Gasteiger partial charge in [-0.2, -0.15) is 0 Å². The molecule has 0 fully saturated rings. The first-order valence-electron chi connectivity index (χ1n) is 8.61. The minimum Gasteiger partial charge on any atom is -0.744 e. The van der Waals surface area contributed by atoms with Crippen LogP contribution in [0.4, 0.5) is 0 Å². The van der Waals surface area contributed by atoms with E-state index in [1.54, 1.807) is 6.07 Å². The molecule has 5 nitrogen and oxygen atoms in total. The van der Waals surface area contributed by atoms with Crippen molar-refractivity contribution in [3.05, 3.63) is 71.8 Å². The quantitative estimate of drug-likeness (QED) is 0.369. The first-order valence-corrected chi connectivity index (χ1v) is 10.0. The maximum Gasteiger partial charge on any atom is 0.344 e. The van der Waals surface area contributed by atoms with Crippen LogP contribution in [0, 0.1) is 0 Å². The van der Waals surface area contributed by atoms with Crippen molar-refractivity contribution in [1.29, 1.82) is 0 Å². The van der Waals surface area contributed by atoms with E-state index >= 15 is 0 Å². The van der Waals surface area contributed by atoms with Crippen LogP contribution in [-0.4, -0.2) is 18.9 Å². The zero-order valence-corrected chi connectivity index (χ0v) is 15.8. The third-order valence-corrected chi connectivity index (χ3v) is 5.53. The molecule has 1 unspecified atom stereocenters. The van der Waals surface area contributed by atoms with Gasteiger partial charge >= 0.3 is 5.97 Å². The highest BCUT2D eigenvalue weighted by molar-refractivity contribution is 7.85. The number of benzene rings is 3. The van der Waals surface area contributed by atoms with Crippen molar-refractivity contribution in [2.45, 2.75) is 31.1 Å². The molecule has 0 saturated heterocycles. The van der Waals surface area contributed by atoms with Crippen molar-refractivity contribution in [2.75, 3.05) is 0 Å². The van der Waals surface area contributed by atoms with Gasteiger partial charge in [-0.3, -0.25) is 0 Å². The van der Waals surface area contributed by atoms with Crippen LogP contribution in [0.3, 0.4) is 0 Å². The first kappa shape index (κ1) is 19.1. The Morgan fingerprint density at radius 2 is 1.63 bits per heavy atom. The molecule has 0 spiro atoms. The fraction of sp³-hybridized carbons (Fsp3) is 0.190. The summed E-state index contributed by atoms with van der Waals surface area (Å²) in [5.74, 6) is -0.224. The number of rotatable bonds is 5. The average Bonchev–Trinajstić information content (AvgIpc) is 2.67. The second-order valence-electron chi connectivity index (χ2n) is 6.35. The lowest BCUT2D eigenvalue weighted by molar-refractivity contribution is 0.0732. The second-order valence-corrected chi connectivity index (χ2v) is 7.70. The molecule has 0 aliphatic rings. The molecule has 0 aliphatic carbocycles. The van der Waals surface area contributed by atoms with Crippen LogP contribution in [0.2, 0.25) is 0 Å². The third kappa shape index (κ3) is 3.86. The molecule has 0 N–H and O–H groups in total. The van der Waals surface area contributed by atoms with E-state index in [-0.39, 0.29) is 5.56 Å². The number of hydrogen-bond donors (Lipinski definition) is 0. The summed E-state index contributed by atoms with van der Waals surface area (Å²) in [5.41, 5.74) is 0.873. The molecule has 0 radical (unpaired) electrons. The molecule has 1 atom stereocenters. The van der Waals surface area contributed by atoms with Crippen molar-refractivity contribution < 1.29 is 22.5 Å². The molecule has 27 heavy (non-hydrogen) atoms. The SMILES string of the molecule is CCC(C)c1ccc(OC(=O)c2ccccc2S(=O)(=O)[O-])c2ccccc12. The Hall–Kier alpha value is -2.70. The standard InChI is InChI=1S/C21H20O5S/c1-3-14(2)15-12-13-19(17-9-5-4-8-16(15)17)26-21(22)18-10-6-7-11-20(18)27(23,24)25/h4-14H,3H2,1-2H3,(H,23,24,25)/p-1. The largest absolute Gasteiger partial charge is 0.744 e.